The minimum Gasteiger partial charge on any atom is -0.457 e. The number of alkyl halides is 3. The number of rotatable bonds is 11. The van der Waals surface area contributed by atoms with Crippen LogP contribution in [-0.4, -0.2) is 28.1 Å². The Labute approximate surface area is 231 Å². The summed E-state index contributed by atoms with van der Waals surface area (Å²) in [5, 5.41) is 15.3. The summed E-state index contributed by atoms with van der Waals surface area (Å²) >= 11 is 5.59. The number of benzene rings is 2. The van der Waals surface area contributed by atoms with E-state index in [1.165, 1.54) is 12.3 Å². The fraction of sp³-hybridized carbons (Fsp3) is 0.231. The van der Waals surface area contributed by atoms with Crippen LogP contribution >= 0.6 is 11.6 Å². The van der Waals surface area contributed by atoms with E-state index >= 15 is 0 Å². The van der Waals surface area contributed by atoms with Gasteiger partial charge < -0.3 is 25.6 Å². The zero-order valence-corrected chi connectivity index (χ0v) is 21.5. The molecule has 0 saturated heterocycles. The predicted octanol–water partition coefficient (Wildman–Crippen LogP) is 6.38. The van der Waals surface area contributed by atoms with Crippen LogP contribution in [0.25, 0.3) is 0 Å². The molecule has 0 aliphatic heterocycles. The maximum absolute atomic E-state index is 13.0. The molecular weight excluding hydrogens is 557 g/mol. The molecular formula is C26H24ClF3N4O6. The van der Waals surface area contributed by atoms with Gasteiger partial charge in [-0.05, 0) is 61.4 Å². The topological polar surface area (TPSA) is 139 Å². The van der Waals surface area contributed by atoms with Crippen molar-refractivity contribution in [1.82, 2.24) is 10.3 Å². The Morgan fingerprint density at radius 2 is 1.57 bits per heavy atom. The lowest BCUT2D eigenvalue weighted by atomic mass is 10.2. The SMILES string of the molecule is O=C(CCCCC(=O)OO)NCc1cc(Oc2ccc(NC(=O)Nc3ccc(Cl)c(C(F)(F)F)c3)cc2)ccn1. The minimum absolute atomic E-state index is 0.0183. The van der Waals surface area contributed by atoms with Gasteiger partial charge in [0.2, 0.25) is 5.91 Å². The molecule has 212 valence electrons. The second-order valence-electron chi connectivity index (χ2n) is 8.33. The van der Waals surface area contributed by atoms with Crippen LogP contribution < -0.4 is 20.7 Å². The van der Waals surface area contributed by atoms with Crippen LogP contribution in [0.15, 0.2) is 60.8 Å². The zero-order valence-electron chi connectivity index (χ0n) is 20.8. The van der Waals surface area contributed by atoms with Crippen molar-refractivity contribution in [3.05, 3.63) is 77.1 Å². The van der Waals surface area contributed by atoms with Gasteiger partial charge in [0, 0.05) is 36.5 Å². The monoisotopic (exact) mass is 580 g/mol. The zero-order chi connectivity index (χ0) is 29.1. The molecule has 40 heavy (non-hydrogen) atoms. The molecule has 0 radical (unpaired) electrons. The van der Waals surface area contributed by atoms with Gasteiger partial charge in [-0.2, -0.15) is 18.4 Å². The van der Waals surface area contributed by atoms with E-state index in [9.17, 15) is 27.6 Å². The average Bonchev–Trinajstić information content (AvgIpc) is 2.91. The first kappa shape index (κ1) is 30.2. The number of nitrogens with zero attached hydrogens (tertiary/aromatic N) is 1. The lowest BCUT2D eigenvalue weighted by Gasteiger charge is -2.13. The van der Waals surface area contributed by atoms with Crippen LogP contribution in [-0.2, 0) is 27.2 Å². The van der Waals surface area contributed by atoms with E-state index in [1.54, 1.807) is 36.4 Å². The summed E-state index contributed by atoms with van der Waals surface area (Å²) in [6.45, 7) is 0.158. The van der Waals surface area contributed by atoms with Crippen LogP contribution in [0.5, 0.6) is 11.5 Å². The van der Waals surface area contributed by atoms with Crippen molar-refractivity contribution < 1.29 is 42.4 Å². The van der Waals surface area contributed by atoms with Gasteiger partial charge in [-0.15, -0.1) is 0 Å². The Morgan fingerprint density at radius 3 is 2.27 bits per heavy atom. The Hall–Kier alpha value is -4.36. The third-order valence-corrected chi connectivity index (χ3v) is 5.60. The molecule has 1 heterocycles. The van der Waals surface area contributed by atoms with Gasteiger partial charge in [-0.1, -0.05) is 11.6 Å². The fourth-order valence-corrected chi connectivity index (χ4v) is 3.58. The number of carbonyl (C=O) groups is 3. The number of anilines is 2. The first-order chi connectivity index (χ1) is 19.0. The highest BCUT2D eigenvalue weighted by molar-refractivity contribution is 6.31. The summed E-state index contributed by atoms with van der Waals surface area (Å²) in [5.74, 6) is -0.100. The first-order valence-corrected chi connectivity index (χ1v) is 12.2. The Kier molecular flexibility index (Phi) is 10.7. The maximum atomic E-state index is 13.0. The quantitative estimate of drug-likeness (QED) is 0.117. The highest BCUT2D eigenvalue weighted by atomic mass is 35.5. The van der Waals surface area contributed by atoms with Crippen LogP contribution in [0, 0.1) is 0 Å². The molecule has 0 fully saturated rings. The van der Waals surface area contributed by atoms with E-state index in [2.05, 4.69) is 25.8 Å². The number of pyridine rings is 1. The second kappa shape index (κ2) is 14.1. The Morgan fingerprint density at radius 1 is 0.900 bits per heavy atom. The molecule has 0 atom stereocenters. The van der Waals surface area contributed by atoms with Crippen molar-refractivity contribution >= 4 is 40.9 Å². The van der Waals surface area contributed by atoms with E-state index in [0.717, 1.165) is 12.1 Å². The third-order valence-electron chi connectivity index (χ3n) is 5.27. The molecule has 3 amide bonds. The molecule has 14 heteroatoms. The molecule has 0 bridgehead atoms. The number of halogens is 4. The molecule has 0 saturated carbocycles. The van der Waals surface area contributed by atoms with Gasteiger partial charge >= 0.3 is 18.2 Å². The van der Waals surface area contributed by atoms with Gasteiger partial charge in [-0.25, -0.2) is 9.59 Å². The van der Waals surface area contributed by atoms with Gasteiger partial charge in [0.25, 0.3) is 0 Å². The summed E-state index contributed by atoms with van der Waals surface area (Å²) in [7, 11) is 0. The standard InChI is InChI=1S/C26H24ClF3N4O6/c27-22-10-7-17(14-21(22)26(28,29)30)34-25(37)33-16-5-8-19(9-6-16)39-20-11-12-31-18(13-20)15-32-23(35)3-1-2-4-24(36)40-38/h5-14,38H,1-4,15H2,(H,32,35)(H2,33,34,37). The van der Waals surface area contributed by atoms with Crippen molar-refractivity contribution in [2.45, 2.75) is 38.4 Å². The average molecular weight is 581 g/mol. The molecule has 1 aromatic heterocycles. The van der Waals surface area contributed by atoms with Crippen LogP contribution in [0.1, 0.15) is 36.9 Å². The number of amides is 3. The van der Waals surface area contributed by atoms with Crippen molar-refractivity contribution in [2.75, 3.05) is 10.6 Å². The smallest absolute Gasteiger partial charge is 0.417 e. The van der Waals surface area contributed by atoms with Crippen LogP contribution in [0.2, 0.25) is 5.02 Å². The Balaban J connectivity index is 1.48. The van der Waals surface area contributed by atoms with E-state index < -0.39 is 28.8 Å². The van der Waals surface area contributed by atoms with Crippen molar-refractivity contribution in [3.8, 4) is 11.5 Å². The highest BCUT2D eigenvalue weighted by Gasteiger charge is 2.33. The third kappa shape index (κ3) is 9.75. The van der Waals surface area contributed by atoms with E-state index in [-0.39, 0.29) is 31.0 Å². The summed E-state index contributed by atoms with van der Waals surface area (Å²) in [6, 6.07) is 11.8. The number of ether oxygens (including phenoxy) is 1. The number of unbranched alkanes of at least 4 members (excludes halogenated alkanes) is 1. The highest BCUT2D eigenvalue weighted by Crippen LogP contribution is 2.36. The molecule has 3 rings (SSSR count). The van der Waals surface area contributed by atoms with Crippen molar-refractivity contribution in [1.29, 1.82) is 0 Å². The van der Waals surface area contributed by atoms with Crippen molar-refractivity contribution in [2.24, 2.45) is 0 Å². The molecule has 2 aromatic carbocycles. The lowest BCUT2D eigenvalue weighted by Crippen LogP contribution is -2.22. The number of nitrogens with one attached hydrogen (secondary N) is 3. The number of carbonyl (C=O) groups excluding carboxylic acids is 3. The lowest BCUT2D eigenvalue weighted by molar-refractivity contribution is -0.234. The van der Waals surface area contributed by atoms with Crippen LogP contribution in [0.4, 0.5) is 29.3 Å². The maximum Gasteiger partial charge on any atom is 0.417 e. The largest absolute Gasteiger partial charge is 0.457 e. The van der Waals surface area contributed by atoms with Crippen molar-refractivity contribution in [3.63, 3.8) is 0 Å². The summed E-state index contributed by atoms with van der Waals surface area (Å²) in [6.07, 6.45) is -2.08. The number of hydrogen-bond donors (Lipinski definition) is 4. The molecule has 0 unspecified atom stereocenters. The van der Waals surface area contributed by atoms with E-state index in [1.807, 2.05) is 0 Å². The first-order valence-electron chi connectivity index (χ1n) is 11.8. The number of urea groups is 1. The van der Waals surface area contributed by atoms with Crippen LogP contribution in [0.3, 0.4) is 0 Å². The summed E-state index contributed by atoms with van der Waals surface area (Å²) in [4.78, 5) is 42.8. The normalized spacial score (nSPS) is 10.9. The summed E-state index contributed by atoms with van der Waals surface area (Å²) in [5.41, 5.74) is -0.236. The molecule has 3 aromatic rings. The van der Waals surface area contributed by atoms with E-state index in [0.29, 0.717) is 35.7 Å². The molecule has 0 aliphatic rings. The minimum atomic E-state index is -4.66. The fourth-order valence-electron chi connectivity index (χ4n) is 3.35. The summed E-state index contributed by atoms with van der Waals surface area (Å²) < 4.78 is 44.8. The second-order valence-corrected chi connectivity index (χ2v) is 8.74. The van der Waals surface area contributed by atoms with Gasteiger partial charge in [-0.3, -0.25) is 9.78 Å². The molecule has 10 nitrogen and oxygen atoms in total. The molecule has 0 spiro atoms. The molecule has 0 aliphatic carbocycles. The number of hydrogen-bond acceptors (Lipinski definition) is 7. The van der Waals surface area contributed by atoms with Gasteiger partial charge in [0.15, 0.2) is 0 Å². The number of aromatic nitrogens is 1. The Bertz CT molecular complexity index is 1340. The van der Waals surface area contributed by atoms with E-state index in [4.69, 9.17) is 21.6 Å². The van der Waals surface area contributed by atoms with Gasteiger partial charge in [0.05, 0.1) is 22.8 Å². The van der Waals surface area contributed by atoms with Gasteiger partial charge in [0.1, 0.15) is 11.5 Å². The predicted molar refractivity (Wildman–Crippen MR) is 139 cm³/mol. The molecule has 4 N–H and O–H groups in total.